The quantitative estimate of drug-likeness (QED) is 0.790. The van der Waals surface area contributed by atoms with Crippen molar-refractivity contribution in [1.82, 2.24) is 0 Å². The Morgan fingerprint density at radius 3 is 2.38 bits per heavy atom. The molecule has 0 aromatic heterocycles. The molecule has 1 aromatic rings. The highest BCUT2D eigenvalue weighted by Crippen LogP contribution is 2.19. The largest absolute Gasteiger partial charge is 0.497 e. The first-order chi connectivity index (χ1) is 7.74. The fraction of sp³-hybridized carbons (Fsp3) is 0.538. The second-order valence-electron chi connectivity index (χ2n) is 3.90. The Balaban J connectivity index is 2.86. The summed E-state index contributed by atoms with van der Waals surface area (Å²) in [5.41, 5.74) is 2.75. The number of hydrogen-bond donors (Lipinski definition) is 1. The zero-order valence-electron chi connectivity index (χ0n) is 10.3. The molecule has 0 amide bonds. The number of nitrogens with one attached hydrogen (secondary N) is 1. The van der Waals surface area contributed by atoms with Gasteiger partial charge in [-0.15, -0.1) is 0 Å². The summed E-state index contributed by atoms with van der Waals surface area (Å²) in [6, 6.07) is 6.35. The van der Waals surface area contributed by atoms with Gasteiger partial charge in [0.25, 0.3) is 0 Å². The minimum Gasteiger partial charge on any atom is -0.497 e. The van der Waals surface area contributed by atoms with Crippen LogP contribution in [0.15, 0.2) is 18.2 Å². The van der Waals surface area contributed by atoms with Crippen LogP contribution >= 0.6 is 15.9 Å². The minimum absolute atomic E-state index is 0.889. The van der Waals surface area contributed by atoms with E-state index in [-0.39, 0.29) is 0 Å². The van der Waals surface area contributed by atoms with E-state index in [2.05, 4.69) is 41.9 Å². The average molecular weight is 287 g/mol. The molecular formula is C13H21BrNO+. The number of quaternary nitrogens is 1. The van der Waals surface area contributed by atoms with E-state index in [0.717, 1.165) is 17.6 Å². The highest BCUT2D eigenvalue weighted by Gasteiger charge is 2.09. The Hall–Kier alpha value is -0.540. The van der Waals surface area contributed by atoms with Gasteiger partial charge >= 0.3 is 0 Å². The van der Waals surface area contributed by atoms with E-state index < -0.39 is 0 Å². The summed E-state index contributed by atoms with van der Waals surface area (Å²) in [4.78, 5) is 1.60. The first-order valence-electron chi connectivity index (χ1n) is 5.80. The van der Waals surface area contributed by atoms with E-state index in [1.165, 1.54) is 24.2 Å². The summed E-state index contributed by atoms with van der Waals surface area (Å²) >= 11 is 3.54. The molecule has 1 rings (SSSR count). The van der Waals surface area contributed by atoms with Crippen molar-refractivity contribution in [3.63, 3.8) is 0 Å². The van der Waals surface area contributed by atoms with Crippen molar-refractivity contribution in [2.75, 3.05) is 20.2 Å². The first-order valence-corrected chi connectivity index (χ1v) is 6.92. The topological polar surface area (TPSA) is 13.7 Å². The standard InChI is InChI=1S/C13H20BrNO/c1-4-15(5-2)10-11-6-7-13(16-3)8-12(11)9-14/h6-8H,4-5,9-10H2,1-3H3/p+1. The lowest BCUT2D eigenvalue weighted by Crippen LogP contribution is -3.10. The van der Waals surface area contributed by atoms with Crippen molar-refractivity contribution in [1.29, 1.82) is 0 Å². The number of methoxy groups -OCH3 is 1. The van der Waals surface area contributed by atoms with Crippen LogP contribution < -0.4 is 9.64 Å². The lowest BCUT2D eigenvalue weighted by Gasteiger charge is -2.17. The molecule has 0 saturated heterocycles. The van der Waals surface area contributed by atoms with Crippen LogP contribution in [0, 0.1) is 0 Å². The van der Waals surface area contributed by atoms with Crippen LogP contribution in [0.25, 0.3) is 0 Å². The summed E-state index contributed by atoms with van der Waals surface area (Å²) in [5, 5.41) is 0.889. The Bertz CT molecular complexity index is 324. The Morgan fingerprint density at radius 1 is 1.19 bits per heavy atom. The van der Waals surface area contributed by atoms with Crippen molar-refractivity contribution < 1.29 is 9.64 Å². The third kappa shape index (κ3) is 3.49. The van der Waals surface area contributed by atoms with E-state index in [1.54, 1.807) is 12.0 Å². The van der Waals surface area contributed by atoms with Gasteiger partial charge in [-0.1, -0.05) is 15.9 Å². The van der Waals surface area contributed by atoms with Crippen LogP contribution in [0.4, 0.5) is 0 Å². The van der Waals surface area contributed by atoms with E-state index in [9.17, 15) is 0 Å². The first kappa shape index (κ1) is 13.5. The minimum atomic E-state index is 0.889. The van der Waals surface area contributed by atoms with Crippen LogP contribution in [0.2, 0.25) is 0 Å². The highest BCUT2D eigenvalue weighted by molar-refractivity contribution is 9.08. The molecule has 2 nitrogen and oxygen atoms in total. The molecule has 1 aromatic carbocycles. The van der Waals surface area contributed by atoms with Gasteiger partial charge in [-0.2, -0.15) is 0 Å². The maximum absolute atomic E-state index is 5.24. The summed E-state index contributed by atoms with van der Waals surface area (Å²) in [5.74, 6) is 0.938. The molecule has 0 atom stereocenters. The van der Waals surface area contributed by atoms with E-state index >= 15 is 0 Å². The van der Waals surface area contributed by atoms with Crippen molar-refractivity contribution in [3.05, 3.63) is 29.3 Å². The van der Waals surface area contributed by atoms with Gasteiger partial charge in [-0.25, -0.2) is 0 Å². The van der Waals surface area contributed by atoms with Gasteiger partial charge in [0.15, 0.2) is 0 Å². The number of alkyl halides is 1. The predicted molar refractivity (Wildman–Crippen MR) is 71.4 cm³/mol. The van der Waals surface area contributed by atoms with Crippen LogP contribution in [0.5, 0.6) is 5.75 Å². The highest BCUT2D eigenvalue weighted by atomic mass is 79.9. The molecule has 0 heterocycles. The molecule has 90 valence electrons. The molecule has 0 aliphatic rings. The number of rotatable bonds is 6. The van der Waals surface area contributed by atoms with E-state index in [0.29, 0.717) is 0 Å². The zero-order valence-corrected chi connectivity index (χ0v) is 11.9. The molecule has 16 heavy (non-hydrogen) atoms. The van der Waals surface area contributed by atoms with Gasteiger partial charge in [0, 0.05) is 10.9 Å². The molecule has 0 spiro atoms. The molecule has 0 bridgehead atoms. The second-order valence-corrected chi connectivity index (χ2v) is 4.46. The average Bonchev–Trinajstić information content (AvgIpc) is 2.35. The van der Waals surface area contributed by atoms with Gasteiger partial charge in [-0.05, 0) is 37.6 Å². The summed E-state index contributed by atoms with van der Waals surface area (Å²) in [7, 11) is 1.71. The summed E-state index contributed by atoms with van der Waals surface area (Å²) in [6.45, 7) is 7.90. The maximum Gasteiger partial charge on any atom is 0.119 e. The van der Waals surface area contributed by atoms with Crippen molar-refractivity contribution in [2.45, 2.75) is 25.7 Å². The fourth-order valence-corrected chi connectivity index (χ4v) is 2.32. The lowest BCUT2D eigenvalue weighted by atomic mass is 10.1. The maximum atomic E-state index is 5.24. The molecule has 0 saturated carbocycles. The van der Waals surface area contributed by atoms with Crippen molar-refractivity contribution in [2.24, 2.45) is 0 Å². The molecule has 0 fully saturated rings. The fourth-order valence-electron chi connectivity index (χ4n) is 1.80. The summed E-state index contributed by atoms with van der Waals surface area (Å²) < 4.78 is 5.24. The Morgan fingerprint density at radius 2 is 1.88 bits per heavy atom. The van der Waals surface area contributed by atoms with Crippen LogP contribution in [-0.2, 0) is 11.9 Å². The van der Waals surface area contributed by atoms with Crippen molar-refractivity contribution >= 4 is 15.9 Å². The molecule has 1 N–H and O–H groups in total. The van der Waals surface area contributed by atoms with E-state index in [4.69, 9.17) is 4.74 Å². The van der Waals surface area contributed by atoms with Crippen LogP contribution in [0.1, 0.15) is 25.0 Å². The van der Waals surface area contributed by atoms with Gasteiger partial charge in [0.2, 0.25) is 0 Å². The van der Waals surface area contributed by atoms with Gasteiger partial charge < -0.3 is 9.64 Å². The number of halogens is 1. The molecular weight excluding hydrogens is 266 g/mol. The zero-order chi connectivity index (χ0) is 12.0. The summed E-state index contributed by atoms with van der Waals surface area (Å²) in [6.07, 6.45) is 0. The third-order valence-corrected chi connectivity index (χ3v) is 3.60. The molecule has 0 unspecified atom stereocenters. The Kier molecular flexibility index (Phi) is 5.85. The van der Waals surface area contributed by atoms with Gasteiger partial charge in [-0.3, -0.25) is 0 Å². The molecule has 0 aliphatic carbocycles. The Labute approximate surface area is 107 Å². The number of hydrogen-bond acceptors (Lipinski definition) is 1. The number of ether oxygens (including phenoxy) is 1. The van der Waals surface area contributed by atoms with Gasteiger partial charge in [0.1, 0.15) is 12.3 Å². The van der Waals surface area contributed by atoms with Crippen LogP contribution in [-0.4, -0.2) is 20.2 Å². The SMILES string of the molecule is CC[NH+](CC)Cc1ccc(OC)cc1CBr. The van der Waals surface area contributed by atoms with Crippen molar-refractivity contribution in [3.8, 4) is 5.75 Å². The molecule has 0 radical (unpaired) electrons. The third-order valence-electron chi connectivity index (χ3n) is 3.00. The lowest BCUT2D eigenvalue weighted by molar-refractivity contribution is -0.910. The van der Waals surface area contributed by atoms with E-state index in [1.807, 2.05) is 6.07 Å². The molecule has 3 heteroatoms. The number of benzene rings is 1. The monoisotopic (exact) mass is 286 g/mol. The second kappa shape index (κ2) is 6.92. The van der Waals surface area contributed by atoms with Gasteiger partial charge in [0.05, 0.1) is 20.2 Å². The molecule has 0 aliphatic heterocycles. The predicted octanol–water partition coefficient (Wildman–Crippen LogP) is 2.01. The van der Waals surface area contributed by atoms with Crippen LogP contribution in [0.3, 0.4) is 0 Å². The normalized spacial score (nSPS) is 10.8. The smallest absolute Gasteiger partial charge is 0.119 e.